The summed E-state index contributed by atoms with van der Waals surface area (Å²) < 4.78 is 32.0. The topological polar surface area (TPSA) is 88.1 Å². The molecule has 1 heterocycles. The minimum atomic E-state index is -3.57. The molecule has 0 saturated carbocycles. The molecule has 28 heavy (non-hydrogen) atoms. The first kappa shape index (κ1) is 20.0. The van der Waals surface area contributed by atoms with E-state index < -0.39 is 15.9 Å². The van der Waals surface area contributed by atoms with Gasteiger partial charge in [-0.05, 0) is 50.1 Å². The third kappa shape index (κ3) is 4.40. The maximum Gasteiger partial charge on any atom is 0.271 e. The van der Waals surface area contributed by atoms with Crippen molar-refractivity contribution in [1.29, 1.82) is 0 Å². The number of hydrogen-bond donors (Lipinski definition) is 1. The molecule has 0 unspecified atom stereocenters. The second-order valence-electron chi connectivity index (χ2n) is 6.51. The Labute approximate surface area is 165 Å². The lowest BCUT2D eigenvalue weighted by molar-refractivity contribution is 0.0954. The van der Waals surface area contributed by atoms with Crippen LogP contribution in [0.2, 0.25) is 0 Å². The molecular formula is C20H23N3O4S. The van der Waals surface area contributed by atoms with Crippen molar-refractivity contribution in [3.8, 4) is 5.75 Å². The van der Waals surface area contributed by atoms with Crippen molar-refractivity contribution in [3.63, 3.8) is 0 Å². The van der Waals surface area contributed by atoms with Crippen LogP contribution >= 0.6 is 0 Å². The number of carbonyl (C=O) groups is 1. The van der Waals surface area contributed by atoms with Gasteiger partial charge in [-0.15, -0.1) is 0 Å². The fourth-order valence-corrected chi connectivity index (χ4v) is 4.55. The molecule has 3 rings (SSSR count). The third-order valence-electron chi connectivity index (χ3n) is 4.61. The highest BCUT2D eigenvalue weighted by Crippen LogP contribution is 2.21. The molecule has 1 saturated heterocycles. The van der Waals surface area contributed by atoms with Gasteiger partial charge >= 0.3 is 0 Å². The summed E-state index contributed by atoms with van der Waals surface area (Å²) in [7, 11) is -1.99. The summed E-state index contributed by atoms with van der Waals surface area (Å²) in [6, 6.07) is 13.4. The van der Waals surface area contributed by atoms with E-state index in [-0.39, 0.29) is 10.5 Å². The number of hydrazone groups is 1. The van der Waals surface area contributed by atoms with Gasteiger partial charge in [0.1, 0.15) is 5.75 Å². The molecule has 0 spiro atoms. The minimum absolute atomic E-state index is 0.121. The number of nitrogens with zero attached hydrogens (tertiary/aromatic N) is 2. The number of sulfonamides is 1. The number of hydrogen-bond acceptors (Lipinski definition) is 5. The fraction of sp³-hybridized carbons (Fsp3) is 0.300. The van der Waals surface area contributed by atoms with E-state index in [1.807, 2.05) is 24.3 Å². The van der Waals surface area contributed by atoms with E-state index in [1.54, 1.807) is 26.2 Å². The number of carbonyl (C=O) groups excluding carboxylic acids is 1. The van der Waals surface area contributed by atoms with Crippen molar-refractivity contribution in [3.05, 3.63) is 59.7 Å². The van der Waals surface area contributed by atoms with Crippen LogP contribution in [-0.2, 0) is 10.0 Å². The lowest BCUT2D eigenvalue weighted by Crippen LogP contribution is -2.28. The zero-order valence-electron chi connectivity index (χ0n) is 15.9. The smallest absolute Gasteiger partial charge is 0.271 e. The van der Waals surface area contributed by atoms with Crippen LogP contribution in [0, 0.1) is 0 Å². The van der Waals surface area contributed by atoms with E-state index in [1.165, 1.54) is 16.4 Å². The predicted octanol–water partition coefficient (Wildman–Crippen LogP) is 2.63. The quantitative estimate of drug-likeness (QED) is 0.595. The molecule has 1 amide bonds. The minimum Gasteiger partial charge on any atom is -0.497 e. The molecular weight excluding hydrogens is 378 g/mol. The summed E-state index contributed by atoms with van der Waals surface area (Å²) in [5.74, 6) is 0.221. The normalized spacial score (nSPS) is 15.4. The second kappa shape index (κ2) is 8.53. The molecule has 1 aliphatic heterocycles. The average Bonchev–Trinajstić information content (AvgIpc) is 3.27. The van der Waals surface area contributed by atoms with Crippen molar-refractivity contribution in [1.82, 2.24) is 9.73 Å². The van der Waals surface area contributed by atoms with Gasteiger partial charge in [0, 0.05) is 24.2 Å². The van der Waals surface area contributed by atoms with Crippen LogP contribution in [0.5, 0.6) is 5.75 Å². The highest BCUT2D eigenvalue weighted by atomic mass is 32.2. The summed E-state index contributed by atoms with van der Waals surface area (Å²) in [5, 5.41) is 4.12. The molecule has 0 aromatic heterocycles. The molecule has 1 aliphatic rings. The number of methoxy groups -OCH3 is 1. The Morgan fingerprint density at radius 3 is 2.46 bits per heavy atom. The molecule has 1 N–H and O–H groups in total. The van der Waals surface area contributed by atoms with E-state index in [2.05, 4.69) is 10.5 Å². The van der Waals surface area contributed by atoms with Gasteiger partial charge in [0.2, 0.25) is 10.0 Å². The Morgan fingerprint density at radius 2 is 1.75 bits per heavy atom. The Balaban J connectivity index is 1.76. The fourth-order valence-electron chi connectivity index (χ4n) is 2.99. The van der Waals surface area contributed by atoms with Gasteiger partial charge in [-0.25, -0.2) is 13.8 Å². The summed E-state index contributed by atoms with van der Waals surface area (Å²) >= 11 is 0. The van der Waals surface area contributed by atoms with Crippen LogP contribution in [0.4, 0.5) is 0 Å². The van der Waals surface area contributed by atoms with Crippen molar-refractivity contribution >= 4 is 21.6 Å². The average molecular weight is 401 g/mol. The van der Waals surface area contributed by atoms with Crippen LogP contribution in [0.25, 0.3) is 0 Å². The lowest BCUT2D eigenvalue weighted by atomic mass is 10.1. The molecule has 0 aliphatic carbocycles. The Kier molecular flexibility index (Phi) is 6.11. The molecule has 2 aromatic carbocycles. The van der Waals surface area contributed by atoms with E-state index in [0.717, 1.165) is 18.4 Å². The van der Waals surface area contributed by atoms with Crippen molar-refractivity contribution in [2.75, 3.05) is 20.2 Å². The van der Waals surface area contributed by atoms with Crippen molar-refractivity contribution in [2.24, 2.45) is 5.10 Å². The van der Waals surface area contributed by atoms with Crippen LogP contribution in [0.15, 0.2) is 58.5 Å². The van der Waals surface area contributed by atoms with Gasteiger partial charge in [0.05, 0.1) is 17.7 Å². The molecule has 148 valence electrons. The number of nitrogens with one attached hydrogen (secondary N) is 1. The lowest BCUT2D eigenvalue weighted by Gasteiger charge is -2.15. The summed E-state index contributed by atoms with van der Waals surface area (Å²) in [5.41, 5.74) is 4.14. The molecule has 2 aromatic rings. The molecule has 8 heteroatoms. The number of amides is 1. The maximum atomic E-state index is 12.7. The van der Waals surface area contributed by atoms with E-state index in [0.29, 0.717) is 24.6 Å². The SMILES string of the molecule is COc1cccc(/C(C)=N/NC(=O)c2cccc(S(=O)(=O)N3CCCC3)c2)c1. The number of ether oxygens (including phenoxy) is 1. The largest absolute Gasteiger partial charge is 0.497 e. The first-order valence-corrected chi connectivity index (χ1v) is 10.4. The third-order valence-corrected chi connectivity index (χ3v) is 6.51. The monoisotopic (exact) mass is 401 g/mol. The van der Waals surface area contributed by atoms with Gasteiger partial charge in [0.25, 0.3) is 5.91 Å². The summed E-state index contributed by atoms with van der Waals surface area (Å²) in [4.78, 5) is 12.6. The van der Waals surface area contributed by atoms with Gasteiger partial charge in [0.15, 0.2) is 0 Å². The first-order chi connectivity index (χ1) is 13.4. The van der Waals surface area contributed by atoms with Gasteiger partial charge in [-0.2, -0.15) is 9.41 Å². The van der Waals surface area contributed by atoms with Crippen molar-refractivity contribution in [2.45, 2.75) is 24.7 Å². The standard InChI is InChI=1S/C20H23N3O4S/c1-15(16-7-5-9-18(13-16)27-2)21-22-20(24)17-8-6-10-19(14-17)28(25,26)23-11-3-4-12-23/h5-10,13-14H,3-4,11-12H2,1-2H3,(H,22,24)/b21-15+. The van der Waals surface area contributed by atoms with E-state index in [4.69, 9.17) is 4.74 Å². The summed E-state index contributed by atoms with van der Waals surface area (Å²) in [6.07, 6.45) is 1.72. The molecule has 0 atom stereocenters. The van der Waals surface area contributed by atoms with Crippen LogP contribution in [0.3, 0.4) is 0 Å². The van der Waals surface area contributed by atoms with E-state index in [9.17, 15) is 13.2 Å². The molecule has 1 fully saturated rings. The van der Waals surface area contributed by atoms with Gasteiger partial charge in [-0.1, -0.05) is 18.2 Å². The highest BCUT2D eigenvalue weighted by Gasteiger charge is 2.27. The first-order valence-electron chi connectivity index (χ1n) is 9.01. The van der Waals surface area contributed by atoms with Gasteiger partial charge in [-0.3, -0.25) is 4.79 Å². The molecule has 7 nitrogen and oxygen atoms in total. The molecule has 0 bridgehead atoms. The Morgan fingerprint density at radius 1 is 1.07 bits per heavy atom. The number of rotatable bonds is 6. The van der Waals surface area contributed by atoms with Crippen LogP contribution < -0.4 is 10.2 Å². The zero-order valence-corrected chi connectivity index (χ0v) is 16.7. The highest BCUT2D eigenvalue weighted by molar-refractivity contribution is 7.89. The predicted molar refractivity (Wildman–Crippen MR) is 107 cm³/mol. The Hall–Kier alpha value is -2.71. The zero-order chi connectivity index (χ0) is 20.1. The van der Waals surface area contributed by atoms with Crippen LogP contribution in [0.1, 0.15) is 35.7 Å². The Bertz CT molecular complexity index is 996. The molecule has 0 radical (unpaired) electrons. The number of benzene rings is 2. The van der Waals surface area contributed by atoms with Crippen molar-refractivity contribution < 1.29 is 17.9 Å². The van der Waals surface area contributed by atoms with Crippen LogP contribution in [-0.4, -0.2) is 44.5 Å². The summed E-state index contributed by atoms with van der Waals surface area (Å²) in [6.45, 7) is 2.80. The maximum absolute atomic E-state index is 12.7. The van der Waals surface area contributed by atoms with Gasteiger partial charge < -0.3 is 4.74 Å². The van der Waals surface area contributed by atoms with E-state index >= 15 is 0 Å². The second-order valence-corrected chi connectivity index (χ2v) is 8.45.